The van der Waals surface area contributed by atoms with Crippen LogP contribution in [0.25, 0.3) is 0 Å². The summed E-state index contributed by atoms with van der Waals surface area (Å²) in [6.45, 7) is 2.43. The molecule has 0 saturated carbocycles. The SMILES string of the molecule is CCCCCOc1ccc(S(=O)(=O)Cl)cc1C(=O)O. The van der Waals surface area contributed by atoms with Gasteiger partial charge in [0.15, 0.2) is 0 Å². The van der Waals surface area contributed by atoms with Crippen LogP contribution < -0.4 is 4.74 Å². The summed E-state index contributed by atoms with van der Waals surface area (Å²) in [5.74, 6) is -1.11. The van der Waals surface area contributed by atoms with E-state index in [1.54, 1.807) is 0 Å². The zero-order valence-electron chi connectivity index (χ0n) is 10.4. The number of hydrogen-bond donors (Lipinski definition) is 1. The van der Waals surface area contributed by atoms with Crippen molar-refractivity contribution < 1.29 is 23.1 Å². The molecule has 1 N–H and O–H groups in total. The first-order valence-electron chi connectivity index (χ1n) is 5.81. The van der Waals surface area contributed by atoms with Gasteiger partial charge in [0.05, 0.1) is 11.5 Å². The Bertz CT molecular complexity index is 553. The van der Waals surface area contributed by atoms with Gasteiger partial charge in [-0.05, 0) is 24.6 Å². The summed E-state index contributed by atoms with van der Waals surface area (Å²) >= 11 is 0. The van der Waals surface area contributed by atoms with E-state index in [1.807, 2.05) is 6.92 Å². The third-order valence-electron chi connectivity index (χ3n) is 2.47. The van der Waals surface area contributed by atoms with Gasteiger partial charge in [-0.15, -0.1) is 0 Å². The molecule has 0 fully saturated rings. The average Bonchev–Trinajstić information content (AvgIpc) is 2.33. The highest BCUT2D eigenvalue weighted by molar-refractivity contribution is 8.13. The van der Waals surface area contributed by atoms with Crippen molar-refractivity contribution in [3.63, 3.8) is 0 Å². The van der Waals surface area contributed by atoms with Gasteiger partial charge in [0.1, 0.15) is 11.3 Å². The fourth-order valence-corrected chi connectivity index (χ4v) is 2.27. The van der Waals surface area contributed by atoms with Crippen molar-refractivity contribution >= 4 is 25.7 Å². The fourth-order valence-electron chi connectivity index (χ4n) is 1.49. The molecule has 0 aliphatic carbocycles. The van der Waals surface area contributed by atoms with Crippen LogP contribution in [0, 0.1) is 0 Å². The van der Waals surface area contributed by atoms with E-state index in [9.17, 15) is 13.2 Å². The van der Waals surface area contributed by atoms with E-state index >= 15 is 0 Å². The second-order valence-corrected chi connectivity index (χ2v) is 6.52. The number of rotatable bonds is 7. The van der Waals surface area contributed by atoms with Gasteiger partial charge >= 0.3 is 5.97 Å². The third kappa shape index (κ3) is 4.72. The number of carbonyl (C=O) groups is 1. The number of hydrogen-bond acceptors (Lipinski definition) is 4. The van der Waals surface area contributed by atoms with Crippen LogP contribution in [0.15, 0.2) is 23.1 Å². The molecule has 106 valence electrons. The number of carboxylic acid groups (broad SMARTS) is 1. The van der Waals surface area contributed by atoms with Crippen molar-refractivity contribution in [3.8, 4) is 5.75 Å². The molecule has 0 radical (unpaired) electrons. The normalized spacial score (nSPS) is 11.3. The summed E-state index contributed by atoms with van der Waals surface area (Å²) in [6.07, 6.45) is 2.82. The maximum Gasteiger partial charge on any atom is 0.339 e. The Morgan fingerprint density at radius 1 is 1.37 bits per heavy atom. The van der Waals surface area contributed by atoms with Crippen molar-refractivity contribution in [2.24, 2.45) is 0 Å². The van der Waals surface area contributed by atoms with Crippen LogP contribution in [-0.4, -0.2) is 26.1 Å². The predicted molar refractivity (Wildman–Crippen MR) is 71.5 cm³/mol. The number of ether oxygens (including phenoxy) is 1. The minimum atomic E-state index is -3.95. The Labute approximate surface area is 116 Å². The molecule has 5 nitrogen and oxygen atoms in total. The van der Waals surface area contributed by atoms with E-state index in [0.29, 0.717) is 6.61 Å². The van der Waals surface area contributed by atoms with E-state index in [4.69, 9.17) is 20.5 Å². The number of benzene rings is 1. The Balaban J connectivity index is 2.96. The molecule has 0 heterocycles. The number of halogens is 1. The summed E-state index contributed by atoms with van der Waals surface area (Å²) in [6, 6.07) is 3.54. The third-order valence-corrected chi connectivity index (χ3v) is 3.82. The Kier molecular flexibility index (Phi) is 5.62. The lowest BCUT2D eigenvalue weighted by molar-refractivity contribution is 0.0692. The summed E-state index contributed by atoms with van der Waals surface area (Å²) in [4.78, 5) is 10.8. The van der Waals surface area contributed by atoms with Crippen molar-refractivity contribution in [1.82, 2.24) is 0 Å². The zero-order chi connectivity index (χ0) is 14.5. The Morgan fingerprint density at radius 3 is 2.58 bits per heavy atom. The molecule has 19 heavy (non-hydrogen) atoms. The fraction of sp³-hybridized carbons (Fsp3) is 0.417. The quantitative estimate of drug-likeness (QED) is 0.619. The number of aromatic carboxylic acids is 1. The minimum Gasteiger partial charge on any atom is -0.493 e. The van der Waals surface area contributed by atoms with Crippen molar-refractivity contribution in [3.05, 3.63) is 23.8 Å². The van der Waals surface area contributed by atoms with Gasteiger partial charge in [-0.3, -0.25) is 0 Å². The standard InChI is InChI=1S/C12H15ClO5S/c1-2-3-4-7-18-11-6-5-9(19(13,16)17)8-10(11)12(14)15/h5-6,8H,2-4,7H2,1H3,(H,14,15). The summed E-state index contributed by atoms with van der Waals surface area (Å²) in [5, 5.41) is 9.04. The van der Waals surface area contributed by atoms with E-state index in [0.717, 1.165) is 25.3 Å². The summed E-state index contributed by atoms with van der Waals surface area (Å²) in [5.41, 5.74) is -0.210. The van der Waals surface area contributed by atoms with Gasteiger partial charge in [0, 0.05) is 10.7 Å². The molecule has 0 saturated heterocycles. The van der Waals surface area contributed by atoms with Crippen molar-refractivity contribution in [1.29, 1.82) is 0 Å². The maximum absolute atomic E-state index is 11.1. The smallest absolute Gasteiger partial charge is 0.339 e. The predicted octanol–water partition coefficient (Wildman–Crippen LogP) is 2.88. The van der Waals surface area contributed by atoms with Crippen LogP contribution in [0.1, 0.15) is 36.5 Å². The second-order valence-electron chi connectivity index (χ2n) is 3.96. The zero-order valence-corrected chi connectivity index (χ0v) is 12.0. The van der Waals surface area contributed by atoms with Crippen LogP contribution in [-0.2, 0) is 9.05 Å². The van der Waals surface area contributed by atoms with Gasteiger partial charge in [0.2, 0.25) is 0 Å². The monoisotopic (exact) mass is 306 g/mol. The first-order valence-corrected chi connectivity index (χ1v) is 8.12. The second kappa shape index (κ2) is 6.77. The number of carboxylic acids is 1. The molecule has 1 aromatic carbocycles. The highest BCUT2D eigenvalue weighted by atomic mass is 35.7. The molecule has 1 rings (SSSR count). The molecule has 1 aromatic rings. The van der Waals surface area contributed by atoms with Crippen LogP contribution in [0.3, 0.4) is 0 Å². The van der Waals surface area contributed by atoms with Crippen LogP contribution in [0.5, 0.6) is 5.75 Å². The first kappa shape index (κ1) is 15.8. The summed E-state index contributed by atoms with van der Waals surface area (Å²) in [7, 11) is 1.22. The maximum atomic E-state index is 11.1. The molecule has 0 amide bonds. The van der Waals surface area contributed by atoms with E-state index < -0.39 is 15.0 Å². The van der Waals surface area contributed by atoms with E-state index in [-0.39, 0.29) is 16.2 Å². The molecule has 0 spiro atoms. The van der Waals surface area contributed by atoms with Gasteiger partial charge in [0.25, 0.3) is 9.05 Å². The Morgan fingerprint density at radius 2 is 2.05 bits per heavy atom. The average molecular weight is 307 g/mol. The van der Waals surface area contributed by atoms with Gasteiger partial charge in [-0.2, -0.15) is 0 Å². The summed E-state index contributed by atoms with van der Waals surface area (Å²) < 4.78 is 27.6. The van der Waals surface area contributed by atoms with E-state index in [1.165, 1.54) is 12.1 Å². The van der Waals surface area contributed by atoms with Crippen molar-refractivity contribution in [2.75, 3.05) is 6.61 Å². The molecule has 0 atom stereocenters. The molecule has 0 aromatic heterocycles. The highest BCUT2D eigenvalue weighted by Crippen LogP contribution is 2.25. The van der Waals surface area contributed by atoms with E-state index in [2.05, 4.69) is 0 Å². The van der Waals surface area contributed by atoms with Crippen molar-refractivity contribution in [2.45, 2.75) is 31.1 Å². The molecular weight excluding hydrogens is 292 g/mol. The lowest BCUT2D eigenvalue weighted by Crippen LogP contribution is -2.06. The molecule has 0 unspecified atom stereocenters. The largest absolute Gasteiger partial charge is 0.493 e. The number of unbranched alkanes of at least 4 members (excludes halogenated alkanes) is 2. The van der Waals surface area contributed by atoms with Gasteiger partial charge in [-0.1, -0.05) is 19.8 Å². The minimum absolute atomic E-state index is 0.146. The molecule has 7 heteroatoms. The van der Waals surface area contributed by atoms with Crippen LogP contribution in [0.4, 0.5) is 0 Å². The van der Waals surface area contributed by atoms with Crippen LogP contribution in [0.2, 0.25) is 0 Å². The van der Waals surface area contributed by atoms with Gasteiger partial charge < -0.3 is 9.84 Å². The lowest BCUT2D eigenvalue weighted by Gasteiger charge is -2.09. The molecule has 0 bridgehead atoms. The van der Waals surface area contributed by atoms with Crippen LogP contribution >= 0.6 is 10.7 Å². The Hall–Kier alpha value is -1.27. The lowest BCUT2D eigenvalue weighted by atomic mass is 10.2. The molecule has 0 aliphatic rings. The molecule has 0 aliphatic heterocycles. The molecular formula is C12H15ClO5S. The van der Waals surface area contributed by atoms with Gasteiger partial charge in [-0.25, -0.2) is 13.2 Å². The first-order chi connectivity index (χ1) is 8.86. The highest BCUT2D eigenvalue weighted by Gasteiger charge is 2.17. The topological polar surface area (TPSA) is 80.7 Å².